The minimum Gasteiger partial charge on any atom is -0.381 e. The molecule has 25 heavy (non-hydrogen) atoms. The standard InChI is InChI=1S/C18H18ClNO4S/c1-12-8-9-16(14(19)10-12)24-25(22,23)11-18(2)13-6-4-5-7-15(13)20(3)17(18)21/h4-10H,11H2,1-3H3. The van der Waals surface area contributed by atoms with Crippen LogP contribution in [-0.2, 0) is 20.3 Å². The quantitative estimate of drug-likeness (QED) is 0.764. The molecule has 2 aromatic rings. The van der Waals surface area contributed by atoms with Crippen molar-refractivity contribution in [3.8, 4) is 5.75 Å². The van der Waals surface area contributed by atoms with Crippen molar-refractivity contribution in [2.75, 3.05) is 17.7 Å². The van der Waals surface area contributed by atoms with Gasteiger partial charge in [0.2, 0.25) is 5.91 Å². The Hall–Kier alpha value is -2.05. The van der Waals surface area contributed by atoms with Crippen LogP contribution in [0.5, 0.6) is 5.75 Å². The Morgan fingerprint density at radius 2 is 1.88 bits per heavy atom. The van der Waals surface area contributed by atoms with Crippen LogP contribution in [0.4, 0.5) is 5.69 Å². The van der Waals surface area contributed by atoms with E-state index in [9.17, 15) is 13.2 Å². The van der Waals surface area contributed by atoms with Crippen molar-refractivity contribution in [1.82, 2.24) is 0 Å². The van der Waals surface area contributed by atoms with Gasteiger partial charge in [-0.15, -0.1) is 0 Å². The van der Waals surface area contributed by atoms with Gasteiger partial charge in [0.05, 0.1) is 10.4 Å². The second-order valence-electron chi connectivity index (χ2n) is 6.43. The van der Waals surface area contributed by atoms with Crippen LogP contribution < -0.4 is 9.08 Å². The largest absolute Gasteiger partial charge is 0.381 e. The number of likely N-dealkylation sites (N-methyl/N-ethyl adjacent to an activating group) is 1. The first kappa shape index (κ1) is 17.8. The van der Waals surface area contributed by atoms with E-state index in [0.717, 1.165) is 5.56 Å². The number of hydrogen-bond donors (Lipinski definition) is 0. The molecule has 0 bridgehead atoms. The van der Waals surface area contributed by atoms with Gasteiger partial charge in [-0.3, -0.25) is 4.79 Å². The zero-order chi connectivity index (χ0) is 18.4. The smallest absolute Gasteiger partial charge is 0.310 e. The normalized spacial score (nSPS) is 19.8. The fourth-order valence-corrected chi connectivity index (χ4v) is 4.94. The van der Waals surface area contributed by atoms with Gasteiger partial charge in [-0.1, -0.05) is 35.9 Å². The maximum absolute atomic E-state index is 12.7. The first-order valence-electron chi connectivity index (χ1n) is 7.70. The van der Waals surface area contributed by atoms with E-state index in [1.54, 1.807) is 44.3 Å². The summed E-state index contributed by atoms with van der Waals surface area (Å²) in [5, 5.41) is 0.212. The Kier molecular flexibility index (Phi) is 4.29. The third kappa shape index (κ3) is 3.12. The highest BCUT2D eigenvalue weighted by atomic mass is 35.5. The summed E-state index contributed by atoms with van der Waals surface area (Å²) in [4.78, 5) is 14.2. The molecule has 2 aromatic carbocycles. The minimum absolute atomic E-state index is 0.0583. The fraction of sp³-hybridized carbons (Fsp3) is 0.278. The Labute approximate surface area is 152 Å². The van der Waals surface area contributed by atoms with Crippen molar-refractivity contribution in [2.45, 2.75) is 19.3 Å². The highest BCUT2D eigenvalue weighted by molar-refractivity contribution is 7.87. The van der Waals surface area contributed by atoms with Gasteiger partial charge in [0.15, 0.2) is 5.75 Å². The van der Waals surface area contributed by atoms with Gasteiger partial charge in [0.1, 0.15) is 5.75 Å². The zero-order valence-corrected chi connectivity index (χ0v) is 15.7. The molecule has 0 spiro atoms. The van der Waals surface area contributed by atoms with Gasteiger partial charge in [-0.05, 0) is 43.2 Å². The number of para-hydroxylation sites is 1. The van der Waals surface area contributed by atoms with E-state index in [2.05, 4.69) is 0 Å². The highest BCUT2D eigenvalue weighted by Crippen LogP contribution is 2.42. The van der Waals surface area contributed by atoms with Gasteiger partial charge in [0.25, 0.3) is 0 Å². The lowest BCUT2D eigenvalue weighted by Gasteiger charge is -2.23. The van der Waals surface area contributed by atoms with E-state index in [4.69, 9.17) is 15.8 Å². The number of carbonyl (C=O) groups excluding carboxylic acids is 1. The van der Waals surface area contributed by atoms with Crippen molar-refractivity contribution in [1.29, 1.82) is 0 Å². The number of fused-ring (bicyclic) bond motifs is 1. The van der Waals surface area contributed by atoms with Crippen LogP contribution in [0.2, 0.25) is 5.02 Å². The Morgan fingerprint density at radius 3 is 2.56 bits per heavy atom. The lowest BCUT2D eigenvalue weighted by atomic mass is 9.86. The summed E-state index contributed by atoms with van der Waals surface area (Å²) in [7, 11) is -2.41. The number of nitrogens with zero attached hydrogens (tertiary/aromatic N) is 1. The molecule has 0 N–H and O–H groups in total. The molecule has 5 nitrogen and oxygen atoms in total. The molecule has 0 saturated carbocycles. The summed E-state index contributed by atoms with van der Waals surface area (Å²) in [6.45, 7) is 3.46. The lowest BCUT2D eigenvalue weighted by molar-refractivity contribution is -0.121. The van der Waals surface area contributed by atoms with Crippen LogP contribution in [0.3, 0.4) is 0 Å². The molecule has 132 valence electrons. The topological polar surface area (TPSA) is 63.7 Å². The predicted molar refractivity (Wildman–Crippen MR) is 97.8 cm³/mol. The maximum atomic E-state index is 12.7. The minimum atomic E-state index is -4.04. The molecule has 1 unspecified atom stereocenters. The van der Waals surface area contributed by atoms with E-state index in [1.165, 1.54) is 11.0 Å². The number of rotatable bonds is 4. The van der Waals surface area contributed by atoms with Crippen LogP contribution in [0.1, 0.15) is 18.1 Å². The average Bonchev–Trinajstić information content (AvgIpc) is 2.72. The number of hydrogen-bond acceptors (Lipinski definition) is 4. The van der Waals surface area contributed by atoms with E-state index >= 15 is 0 Å². The molecular weight excluding hydrogens is 362 g/mol. The van der Waals surface area contributed by atoms with Gasteiger partial charge in [0, 0.05) is 12.7 Å². The van der Waals surface area contributed by atoms with Gasteiger partial charge in [-0.25, -0.2) is 0 Å². The first-order chi connectivity index (χ1) is 11.6. The van der Waals surface area contributed by atoms with E-state index in [0.29, 0.717) is 11.3 Å². The average molecular weight is 380 g/mol. The maximum Gasteiger partial charge on any atom is 0.310 e. The van der Waals surface area contributed by atoms with Crippen LogP contribution in [0.15, 0.2) is 42.5 Å². The second kappa shape index (κ2) is 6.04. The molecule has 1 heterocycles. The SMILES string of the molecule is Cc1ccc(OS(=O)(=O)CC2(C)C(=O)N(C)c3ccccc32)c(Cl)c1. The van der Waals surface area contributed by atoms with Crippen LogP contribution >= 0.6 is 11.6 Å². The summed E-state index contributed by atoms with van der Waals surface area (Å²) >= 11 is 6.06. The van der Waals surface area contributed by atoms with Crippen LogP contribution in [0, 0.1) is 6.92 Å². The van der Waals surface area contributed by atoms with Gasteiger partial charge in [-0.2, -0.15) is 8.42 Å². The van der Waals surface area contributed by atoms with Crippen molar-refractivity contribution < 1.29 is 17.4 Å². The van der Waals surface area contributed by atoms with Crippen molar-refractivity contribution in [3.05, 3.63) is 58.6 Å². The van der Waals surface area contributed by atoms with Crippen LogP contribution in [-0.4, -0.2) is 27.1 Å². The summed E-state index contributed by atoms with van der Waals surface area (Å²) in [6, 6.07) is 12.0. The summed E-state index contributed by atoms with van der Waals surface area (Å²) in [6.07, 6.45) is 0. The number of carbonyl (C=O) groups is 1. The number of anilines is 1. The molecule has 0 radical (unpaired) electrons. The monoisotopic (exact) mass is 379 g/mol. The number of benzene rings is 2. The number of halogens is 1. The summed E-state index contributed by atoms with van der Waals surface area (Å²) < 4.78 is 30.4. The molecule has 1 amide bonds. The molecule has 1 aliphatic heterocycles. The van der Waals surface area contributed by atoms with E-state index < -0.39 is 21.3 Å². The molecule has 0 fully saturated rings. The van der Waals surface area contributed by atoms with Gasteiger partial charge < -0.3 is 9.08 Å². The van der Waals surface area contributed by atoms with Crippen LogP contribution in [0.25, 0.3) is 0 Å². The first-order valence-corrected chi connectivity index (χ1v) is 9.65. The fourth-order valence-electron chi connectivity index (χ4n) is 3.16. The molecule has 0 aromatic heterocycles. The van der Waals surface area contributed by atoms with Crippen molar-refractivity contribution >= 4 is 33.3 Å². The van der Waals surface area contributed by atoms with E-state index in [1.807, 2.05) is 13.0 Å². The Bertz CT molecular complexity index is 957. The Morgan fingerprint density at radius 1 is 1.20 bits per heavy atom. The summed E-state index contributed by atoms with van der Waals surface area (Å²) in [5.74, 6) is -0.691. The van der Waals surface area contributed by atoms with Gasteiger partial charge >= 0.3 is 10.1 Å². The highest BCUT2D eigenvalue weighted by Gasteiger charge is 2.49. The van der Waals surface area contributed by atoms with E-state index in [-0.39, 0.29) is 16.7 Å². The molecular formula is C18H18ClNO4S. The summed E-state index contributed by atoms with van der Waals surface area (Å²) in [5.41, 5.74) is 1.06. The molecule has 0 saturated heterocycles. The molecule has 3 rings (SSSR count). The second-order valence-corrected chi connectivity index (χ2v) is 8.41. The Balaban J connectivity index is 1.94. The van der Waals surface area contributed by atoms with Crippen molar-refractivity contribution in [2.24, 2.45) is 0 Å². The van der Waals surface area contributed by atoms with Crippen molar-refractivity contribution in [3.63, 3.8) is 0 Å². The molecule has 1 aliphatic rings. The predicted octanol–water partition coefficient (Wildman–Crippen LogP) is 3.29. The third-order valence-corrected chi connectivity index (χ3v) is 6.07. The number of aryl methyl sites for hydroxylation is 1. The third-order valence-electron chi connectivity index (χ3n) is 4.41. The lowest BCUT2D eigenvalue weighted by Crippen LogP contribution is -2.42. The molecule has 0 aliphatic carbocycles. The number of amides is 1. The molecule has 1 atom stereocenters. The molecule has 7 heteroatoms. The zero-order valence-electron chi connectivity index (χ0n) is 14.1.